The first-order valence-corrected chi connectivity index (χ1v) is 3.71. The maximum atomic E-state index is 3.67. The van der Waals surface area contributed by atoms with Gasteiger partial charge in [-0.25, -0.2) is 0 Å². The molecule has 1 nitrogen and oxygen atoms in total. The lowest BCUT2D eigenvalue weighted by molar-refractivity contribution is 0.348. The van der Waals surface area contributed by atoms with Gasteiger partial charge in [0.15, 0.2) is 0 Å². The summed E-state index contributed by atoms with van der Waals surface area (Å²) in [4.78, 5) is 2.28. The Hall–Kier alpha value is -0.560. The van der Waals surface area contributed by atoms with Crippen molar-refractivity contribution in [2.75, 3.05) is 20.1 Å². The predicted octanol–water partition coefficient (Wildman–Crippen LogP) is 2.07. The Morgan fingerprint density at radius 2 is 1.50 bits per heavy atom. The van der Waals surface area contributed by atoms with Gasteiger partial charge >= 0.3 is 0 Å². The molecule has 0 aromatic rings. The van der Waals surface area contributed by atoms with E-state index in [0.717, 1.165) is 25.9 Å². The molecule has 58 valence electrons. The van der Waals surface area contributed by atoms with Crippen LogP contribution in [0.15, 0.2) is 25.3 Å². The van der Waals surface area contributed by atoms with Crippen molar-refractivity contribution in [2.45, 2.75) is 12.8 Å². The van der Waals surface area contributed by atoms with Crippen molar-refractivity contribution in [3.63, 3.8) is 0 Å². The van der Waals surface area contributed by atoms with E-state index in [1.54, 1.807) is 0 Å². The van der Waals surface area contributed by atoms with E-state index in [1.165, 1.54) is 0 Å². The third-order valence-corrected chi connectivity index (χ3v) is 1.43. The average molecular weight is 139 g/mol. The summed E-state index contributed by atoms with van der Waals surface area (Å²) in [6, 6.07) is 0. The molecular formula is C9H17N. The first-order chi connectivity index (χ1) is 4.81. The second-order valence-electron chi connectivity index (χ2n) is 2.46. The summed E-state index contributed by atoms with van der Waals surface area (Å²) in [5.74, 6) is 0. The van der Waals surface area contributed by atoms with E-state index in [2.05, 4.69) is 25.1 Å². The van der Waals surface area contributed by atoms with Crippen molar-refractivity contribution in [3.8, 4) is 0 Å². The van der Waals surface area contributed by atoms with Crippen LogP contribution in [0.1, 0.15) is 12.8 Å². The van der Waals surface area contributed by atoms with E-state index in [9.17, 15) is 0 Å². The van der Waals surface area contributed by atoms with E-state index in [0.29, 0.717) is 0 Å². The van der Waals surface area contributed by atoms with Gasteiger partial charge in [-0.1, -0.05) is 12.2 Å². The SMILES string of the molecule is C=CCCN(C)CCC=C. The monoisotopic (exact) mass is 139 g/mol. The fraction of sp³-hybridized carbons (Fsp3) is 0.556. The average Bonchev–Trinajstić information content (AvgIpc) is 1.97. The third-order valence-electron chi connectivity index (χ3n) is 1.43. The molecule has 10 heavy (non-hydrogen) atoms. The fourth-order valence-electron chi connectivity index (χ4n) is 0.735. The summed E-state index contributed by atoms with van der Waals surface area (Å²) in [7, 11) is 2.12. The highest BCUT2D eigenvalue weighted by atomic mass is 15.1. The van der Waals surface area contributed by atoms with Gasteiger partial charge in [0.2, 0.25) is 0 Å². The Balaban J connectivity index is 3.15. The molecule has 0 aliphatic rings. The quantitative estimate of drug-likeness (QED) is 0.509. The molecule has 0 N–H and O–H groups in total. The molecule has 0 aromatic heterocycles. The van der Waals surface area contributed by atoms with Crippen LogP contribution in [0.4, 0.5) is 0 Å². The second-order valence-corrected chi connectivity index (χ2v) is 2.46. The Labute approximate surface area is 64.0 Å². The Morgan fingerprint density at radius 1 is 1.10 bits per heavy atom. The van der Waals surface area contributed by atoms with E-state index in [-0.39, 0.29) is 0 Å². The molecular weight excluding hydrogens is 122 g/mol. The number of rotatable bonds is 6. The Bertz CT molecular complexity index is 84.9. The van der Waals surface area contributed by atoms with Crippen LogP contribution in [-0.2, 0) is 0 Å². The largest absolute Gasteiger partial charge is 0.306 e. The van der Waals surface area contributed by atoms with Crippen LogP contribution in [0.5, 0.6) is 0 Å². The lowest BCUT2D eigenvalue weighted by atomic mass is 10.3. The number of hydrogen-bond donors (Lipinski definition) is 0. The zero-order chi connectivity index (χ0) is 7.82. The molecule has 0 aromatic carbocycles. The van der Waals surface area contributed by atoms with Gasteiger partial charge in [0.1, 0.15) is 0 Å². The highest BCUT2D eigenvalue weighted by Gasteiger charge is 1.92. The van der Waals surface area contributed by atoms with Crippen molar-refractivity contribution in [1.29, 1.82) is 0 Å². The zero-order valence-electron chi connectivity index (χ0n) is 6.84. The fourth-order valence-corrected chi connectivity index (χ4v) is 0.735. The molecule has 0 bridgehead atoms. The van der Waals surface area contributed by atoms with Gasteiger partial charge < -0.3 is 4.90 Å². The lowest BCUT2D eigenvalue weighted by Gasteiger charge is -2.13. The van der Waals surface area contributed by atoms with Crippen molar-refractivity contribution in [3.05, 3.63) is 25.3 Å². The van der Waals surface area contributed by atoms with Gasteiger partial charge in [0, 0.05) is 13.1 Å². The molecule has 0 atom stereocenters. The van der Waals surface area contributed by atoms with Crippen LogP contribution >= 0.6 is 0 Å². The van der Waals surface area contributed by atoms with Crippen molar-refractivity contribution >= 4 is 0 Å². The molecule has 0 amide bonds. The zero-order valence-corrected chi connectivity index (χ0v) is 6.84. The minimum absolute atomic E-state index is 1.08. The molecule has 0 heterocycles. The second kappa shape index (κ2) is 6.56. The number of hydrogen-bond acceptors (Lipinski definition) is 1. The highest BCUT2D eigenvalue weighted by Crippen LogP contribution is 1.90. The van der Waals surface area contributed by atoms with Crippen molar-refractivity contribution in [1.82, 2.24) is 4.90 Å². The standard InChI is InChI=1S/C9H17N/c1-4-6-8-10(3)9-7-5-2/h4-5H,1-2,6-9H2,3H3. The number of nitrogens with zero attached hydrogens (tertiary/aromatic N) is 1. The molecule has 0 unspecified atom stereocenters. The lowest BCUT2D eigenvalue weighted by Crippen LogP contribution is -2.19. The van der Waals surface area contributed by atoms with Crippen LogP contribution < -0.4 is 0 Å². The van der Waals surface area contributed by atoms with Crippen LogP contribution in [0.2, 0.25) is 0 Å². The third kappa shape index (κ3) is 5.57. The van der Waals surface area contributed by atoms with Gasteiger partial charge in [-0.3, -0.25) is 0 Å². The molecule has 0 radical (unpaired) electrons. The summed E-state index contributed by atoms with van der Waals surface area (Å²) in [6.07, 6.45) is 6.05. The normalized spacial score (nSPS) is 9.80. The van der Waals surface area contributed by atoms with Gasteiger partial charge in [-0.05, 0) is 19.9 Å². The van der Waals surface area contributed by atoms with E-state index < -0.39 is 0 Å². The molecule has 1 heteroatoms. The van der Waals surface area contributed by atoms with Crippen molar-refractivity contribution in [2.24, 2.45) is 0 Å². The topological polar surface area (TPSA) is 3.24 Å². The van der Waals surface area contributed by atoms with Crippen molar-refractivity contribution < 1.29 is 0 Å². The Kier molecular flexibility index (Phi) is 6.19. The maximum absolute atomic E-state index is 3.67. The molecule has 0 saturated heterocycles. The van der Waals surface area contributed by atoms with E-state index >= 15 is 0 Å². The van der Waals surface area contributed by atoms with Gasteiger partial charge in [0.25, 0.3) is 0 Å². The minimum Gasteiger partial charge on any atom is -0.306 e. The minimum atomic E-state index is 1.08. The van der Waals surface area contributed by atoms with E-state index in [4.69, 9.17) is 0 Å². The molecule has 0 spiro atoms. The predicted molar refractivity (Wildman–Crippen MR) is 47.1 cm³/mol. The molecule has 0 aliphatic carbocycles. The van der Waals surface area contributed by atoms with Crippen LogP contribution in [0.25, 0.3) is 0 Å². The summed E-state index contributed by atoms with van der Waals surface area (Å²) in [5, 5.41) is 0. The smallest absolute Gasteiger partial charge is 0.00129 e. The molecule has 0 saturated carbocycles. The Morgan fingerprint density at radius 3 is 1.80 bits per heavy atom. The maximum Gasteiger partial charge on any atom is 0.00129 e. The molecule has 0 aliphatic heterocycles. The van der Waals surface area contributed by atoms with E-state index in [1.807, 2.05) is 12.2 Å². The van der Waals surface area contributed by atoms with Gasteiger partial charge in [-0.2, -0.15) is 0 Å². The summed E-state index contributed by atoms with van der Waals surface area (Å²) >= 11 is 0. The summed E-state index contributed by atoms with van der Waals surface area (Å²) < 4.78 is 0. The summed E-state index contributed by atoms with van der Waals surface area (Å²) in [5.41, 5.74) is 0. The first-order valence-electron chi connectivity index (χ1n) is 3.71. The first kappa shape index (κ1) is 9.44. The van der Waals surface area contributed by atoms with Gasteiger partial charge in [0.05, 0.1) is 0 Å². The molecule has 0 fully saturated rings. The van der Waals surface area contributed by atoms with Crippen LogP contribution in [0.3, 0.4) is 0 Å². The summed E-state index contributed by atoms with van der Waals surface area (Å²) in [6.45, 7) is 9.55. The molecule has 0 rings (SSSR count). The van der Waals surface area contributed by atoms with Gasteiger partial charge in [-0.15, -0.1) is 13.2 Å². The van der Waals surface area contributed by atoms with Crippen LogP contribution in [0, 0.1) is 0 Å². The van der Waals surface area contributed by atoms with Crippen LogP contribution in [-0.4, -0.2) is 25.0 Å². The highest BCUT2D eigenvalue weighted by molar-refractivity contribution is 4.71.